The zero-order valence-corrected chi connectivity index (χ0v) is 9.88. The number of carbonyl (C=O) groups is 1. The highest BCUT2D eigenvalue weighted by Crippen LogP contribution is 2.38. The Hall–Kier alpha value is -1.84. The first-order valence-electron chi connectivity index (χ1n) is 5.52. The van der Waals surface area contributed by atoms with Crippen LogP contribution in [0.25, 0.3) is 0 Å². The van der Waals surface area contributed by atoms with Crippen molar-refractivity contribution in [3.05, 3.63) is 35.9 Å². The van der Waals surface area contributed by atoms with Gasteiger partial charge in [0.2, 0.25) is 0 Å². The lowest BCUT2D eigenvalue weighted by Gasteiger charge is -2.25. The summed E-state index contributed by atoms with van der Waals surface area (Å²) < 4.78 is 0. The first kappa shape index (κ1) is 11.6. The van der Waals surface area contributed by atoms with E-state index in [2.05, 4.69) is 5.16 Å². The van der Waals surface area contributed by atoms with Crippen molar-refractivity contribution in [3.63, 3.8) is 0 Å². The standard InChI is InChI=1S/C13H15NO3/c1-13(2)12(9-6-4-3-5-7-9)10(14-17-13)8-11(15)16/h3-7,12H,8H2,1-2H3,(H,15,16). The van der Waals surface area contributed by atoms with E-state index < -0.39 is 11.6 Å². The third kappa shape index (κ3) is 2.30. The highest BCUT2D eigenvalue weighted by Gasteiger charge is 2.42. The Morgan fingerprint density at radius 2 is 2.06 bits per heavy atom. The first-order chi connectivity index (χ1) is 8.00. The smallest absolute Gasteiger partial charge is 0.309 e. The number of nitrogens with zero attached hydrogens (tertiary/aromatic N) is 1. The van der Waals surface area contributed by atoms with Gasteiger partial charge in [0.15, 0.2) is 0 Å². The number of benzene rings is 1. The van der Waals surface area contributed by atoms with E-state index in [0.29, 0.717) is 5.71 Å². The number of rotatable bonds is 3. The summed E-state index contributed by atoms with van der Waals surface area (Å²) in [5.74, 6) is -0.981. The van der Waals surface area contributed by atoms with Gasteiger partial charge in [-0.15, -0.1) is 0 Å². The van der Waals surface area contributed by atoms with Gasteiger partial charge in [0, 0.05) is 0 Å². The molecule has 0 fully saturated rings. The Bertz CT molecular complexity index is 451. The number of aliphatic carboxylic acids is 1. The maximum absolute atomic E-state index is 10.8. The predicted molar refractivity (Wildman–Crippen MR) is 64.0 cm³/mol. The summed E-state index contributed by atoms with van der Waals surface area (Å²) in [5.41, 5.74) is 1.12. The van der Waals surface area contributed by atoms with Gasteiger partial charge in [-0.25, -0.2) is 0 Å². The zero-order chi connectivity index (χ0) is 12.5. The Morgan fingerprint density at radius 3 is 2.65 bits per heavy atom. The summed E-state index contributed by atoms with van der Waals surface area (Å²) in [6.45, 7) is 3.84. The van der Waals surface area contributed by atoms with E-state index in [1.165, 1.54) is 0 Å². The average molecular weight is 233 g/mol. The lowest BCUT2D eigenvalue weighted by molar-refractivity contribution is -0.135. The minimum atomic E-state index is -0.883. The molecule has 1 aliphatic rings. The Morgan fingerprint density at radius 1 is 1.41 bits per heavy atom. The van der Waals surface area contributed by atoms with Crippen LogP contribution in [0.15, 0.2) is 35.5 Å². The molecule has 0 saturated heterocycles. The molecule has 2 rings (SSSR count). The van der Waals surface area contributed by atoms with Crippen LogP contribution in [-0.2, 0) is 9.63 Å². The van der Waals surface area contributed by atoms with E-state index in [1.54, 1.807) is 0 Å². The average Bonchev–Trinajstić information content (AvgIpc) is 2.54. The second-order valence-electron chi connectivity index (χ2n) is 4.69. The van der Waals surface area contributed by atoms with Crippen LogP contribution < -0.4 is 0 Å². The SMILES string of the molecule is CC1(C)ON=C(CC(=O)O)C1c1ccccc1. The van der Waals surface area contributed by atoms with E-state index in [9.17, 15) is 4.79 Å². The van der Waals surface area contributed by atoms with Gasteiger partial charge >= 0.3 is 5.97 Å². The van der Waals surface area contributed by atoms with E-state index in [1.807, 2.05) is 44.2 Å². The summed E-state index contributed by atoms with van der Waals surface area (Å²) in [4.78, 5) is 16.2. The second-order valence-corrected chi connectivity index (χ2v) is 4.69. The third-order valence-electron chi connectivity index (χ3n) is 2.89. The topological polar surface area (TPSA) is 58.9 Å². The van der Waals surface area contributed by atoms with Crippen molar-refractivity contribution in [2.24, 2.45) is 5.16 Å². The summed E-state index contributed by atoms with van der Waals surface area (Å²) in [7, 11) is 0. The highest BCUT2D eigenvalue weighted by molar-refractivity contribution is 6.03. The highest BCUT2D eigenvalue weighted by atomic mass is 16.7. The van der Waals surface area contributed by atoms with Gasteiger partial charge in [0.1, 0.15) is 5.60 Å². The molecule has 0 aliphatic carbocycles. The van der Waals surface area contributed by atoms with Crippen molar-refractivity contribution in [1.29, 1.82) is 0 Å². The largest absolute Gasteiger partial charge is 0.481 e. The Kier molecular flexibility index (Phi) is 2.88. The molecule has 1 atom stereocenters. The quantitative estimate of drug-likeness (QED) is 0.872. The van der Waals surface area contributed by atoms with Crippen LogP contribution in [0, 0.1) is 0 Å². The molecule has 0 spiro atoms. The van der Waals surface area contributed by atoms with Gasteiger partial charge in [0.25, 0.3) is 0 Å². The van der Waals surface area contributed by atoms with Gasteiger partial charge in [-0.05, 0) is 19.4 Å². The maximum Gasteiger partial charge on any atom is 0.309 e. The normalized spacial score (nSPS) is 21.8. The van der Waals surface area contributed by atoms with Gasteiger partial charge < -0.3 is 9.94 Å². The van der Waals surface area contributed by atoms with E-state index in [0.717, 1.165) is 5.56 Å². The molecular formula is C13H15NO3. The predicted octanol–water partition coefficient (Wildman–Crippen LogP) is 2.41. The van der Waals surface area contributed by atoms with E-state index in [4.69, 9.17) is 9.94 Å². The Balaban J connectivity index is 2.33. The third-order valence-corrected chi connectivity index (χ3v) is 2.89. The molecule has 4 nitrogen and oxygen atoms in total. The van der Waals surface area contributed by atoms with E-state index in [-0.39, 0.29) is 12.3 Å². The van der Waals surface area contributed by atoms with Crippen molar-refractivity contribution in [1.82, 2.24) is 0 Å². The molecule has 0 amide bonds. The van der Waals surface area contributed by atoms with Crippen molar-refractivity contribution in [2.75, 3.05) is 0 Å². The lowest BCUT2D eigenvalue weighted by atomic mass is 9.81. The van der Waals surface area contributed by atoms with Crippen LogP contribution in [0.4, 0.5) is 0 Å². The number of carboxylic acids is 1. The van der Waals surface area contributed by atoms with Crippen molar-refractivity contribution in [2.45, 2.75) is 31.8 Å². The fourth-order valence-electron chi connectivity index (χ4n) is 2.21. The first-order valence-corrected chi connectivity index (χ1v) is 5.52. The van der Waals surface area contributed by atoms with Crippen molar-refractivity contribution in [3.8, 4) is 0 Å². The molecule has 4 heteroatoms. The summed E-state index contributed by atoms with van der Waals surface area (Å²) in [6, 6.07) is 9.74. The molecular weight excluding hydrogens is 218 g/mol. The van der Waals surface area contributed by atoms with Crippen LogP contribution in [0.5, 0.6) is 0 Å². The second kappa shape index (κ2) is 4.20. The van der Waals surface area contributed by atoms with Crippen LogP contribution in [-0.4, -0.2) is 22.4 Å². The minimum absolute atomic E-state index is 0.0804. The fraction of sp³-hybridized carbons (Fsp3) is 0.385. The number of hydrogen-bond donors (Lipinski definition) is 1. The zero-order valence-electron chi connectivity index (χ0n) is 9.88. The number of hydrogen-bond acceptors (Lipinski definition) is 3. The summed E-state index contributed by atoms with van der Waals surface area (Å²) in [5, 5.41) is 12.8. The Labute approximate surface area is 99.9 Å². The van der Waals surface area contributed by atoms with Gasteiger partial charge in [0.05, 0.1) is 18.1 Å². The number of carboxylic acid groups (broad SMARTS) is 1. The minimum Gasteiger partial charge on any atom is -0.481 e. The molecule has 1 aromatic carbocycles. The van der Waals surface area contributed by atoms with E-state index >= 15 is 0 Å². The fourth-order valence-corrected chi connectivity index (χ4v) is 2.21. The van der Waals surface area contributed by atoms with Crippen LogP contribution in [0.3, 0.4) is 0 Å². The van der Waals surface area contributed by atoms with Crippen molar-refractivity contribution >= 4 is 11.7 Å². The molecule has 1 aromatic rings. The van der Waals surface area contributed by atoms with Crippen molar-refractivity contribution < 1.29 is 14.7 Å². The maximum atomic E-state index is 10.8. The molecule has 1 unspecified atom stereocenters. The van der Waals surface area contributed by atoms with Crippen LogP contribution >= 0.6 is 0 Å². The molecule has 1 heterocycles. The number of oxime groups is 1. The molecule has 0 radical (unpaired) electrons. The molecule has 1 N–H and O–H groups in total. The molecule has 0 saturated carbocycles. The summed E-state index contributed by atoms with van der Waals surface area (Å²) >= 11 is 0. The van der Waals surface area contributed by atoms with Crippen LogP contribution in [0.1, 0.15) is 31.7 Å². The van der Waals surface area contributed by atoms with Crippen LogP contribution in [0.2, 0.25) is 0 Å². The van der Waals surface area contributed by atoms with Gasteiger partial charge in [-0.1, -0.05) is 35.5 Å². The molecule has 90 valence electrons. The van der Waals surface area contributed by atoms with Gasteiger partial charge in [-0.2, -0.15) is 0 Å². The molecule has 0 aromatic heterocycles. The van der Waals surface area contributed by atoms with Gasteiger partial charge in [-0.3, -0.25) is 4.79 Å². The lowest BCUT2D eigenvalue weighted by Crippen LogP contribution is -2.31. The summed E-state index contributed by atoms with van der Waals surface area (Å²) in [6.07, 6.45) is -0.0804. The molecule has 17 heavy (non-hydrogen) atoms. The molecule has 0 bridgehead atoms. The molecule has 1 aliphatic heterocycles. The monoisotopic (exact) mass is 233 g/mol.